The molecule has 2 aromatic rings. The third kappa shape index (κ3) is 5.24. The van der Waals surface area contributed by atoms with Crippen LogP contribution < -0.4 is 20.1 Å². The van der Waals surface area contributed by atoms with Crippen molar-refractivity contribution in [2.24, 2.45) is 0 Å². The maximum absolute atomic E-state index is 12.0. The normalized spacial score (nSPS) is 10.0. The van der Waals surface area contributed by atoms with E-state index in [0.29, 0.717) is 11.5 Å². The number of nitrogens with one attached hydrogen (secondary N) is 2. The van der Waals surface area contributed by atoms with E-state index in [1.807, 2.05) is 31.2 Å². The Kier molecular flexibility index (Phi) is 6.39. The van der Waals surface area contributed by atoms with E-state index >= 15 is 0 Å². The molecule has 2 rings (SSSR count). The molecule has 25 heavy (non-hydrogen) atoms. The minimum absolute atomic E-state index is 0.0829. The fourth-order valence-corrected chi connectivity index (χ4v) is 2.32. The number of benzene rings is 2. The number of ether oxygens (including phenoxy) is 2. The quantitative estimate of drug-likeness (QED) is 0.809. The van der Waals surface area contributed by atoms with Crippen LogP contribution >= 0.6 is 0 Å². The smallest absolute Gasteiger partial charge is 0.243 e. The van der Waals surface area contributed by atoms with Crippen molar-refractivity contribution in [3.8, 4) is 11.5 Å². The van der Waals surface area contributed by atoms with Gasteiger partial charge in [0.15, 0.2) is 11.5 Å². The second kappa shape index (κ2) is 8.73. The SMILES string of the molecule is COc1ccc(CC(=O)NCC(=O)Nc2ccccc2C)cc1OC. The fraction of sp³-hybridized carbons (Fsp3) is 0.263. The van der Waals surface area contributed by atoms with Crippen LogP contribution in [0.4, 0.5) is 5.69 Å². The van der Waals surface area contributed by atoms with Crippen molar-refractivity contribution in [2.75, 3.05) is 26.1 Å². The number of methoxy groups -OCH3 is 2. The summed E-state index contributed by atoms with van der Waals surface area (Å²) in [5.41, 5.74) is 2.48. The van der Waals surface area contributed by atoms with Crippen LogP contribution in [-0.2, 0) is 16.0 Å². The summed E-state index contributed by atoms with van der Waals surface area (Å²) >= 11 is 0. The Morgan fingerprint density at radius 1 is 0.960 bits per heavy atom. The molecule has 0 unspecified atom stereocenters. The number of rotatable bonds is 7. The van der Waals surface area contributed by atoms with Gasteiger partial charge in [-0.1, -0.05) is 24.3 Å². The standard InChI is InChI=1S/C19H22N2O4/c1-13-6-4-5-7-15(13)21-19(23)12-20-18(22)11-14-8-9-16(24-2)17(10-14)25-3/h4-10H,11-12H2,1-3H3,(H,20,22)(H,21,23). The summed E-state index contributed by atoms with van der Waals surface area (Å²) in [6.07, 6.45) is 0.151. The lowest BCUT2D eigenvalue weighted by Crippen LogP contribution is -2.33. The van der Waals surface area contributed by atoms with Gasteiger partial charge in [0, 0.05) is 5.69 Å². The molecular weight excluding hydrogens is 320 g/mol. The van der Waals surface area contributed by atoms with Gasteiger partial charge in [-0.05, 0) is 36.2 Å². The molecule has 132 valence electrons. The molecule has 0 atom stereocenters. The Hall–Kier alpha value is -3.02. The van der Waals surface area contributed by atoms with E-state index in [4.69, 9.17) is 9.47 Å². The van der Waals surface area contributed by atoms with E-state index in [1.165, 1.54) is 7.11 Å². The molecule has 6 nitrogen and oxygen atoms in total. The maximum atomic E-state index is 12.0. The van der Waals surface area contributed by atoms with Gasteiger partial charge < -0.3 is 20.1 Å². The molecule has 0 heterocycles. The molecule has 2 N–H and O–H groups in total. The van der Waals surface area contributed by atoms with Crippen LogP contribution in [-0.4, -0.2) is 32.6 Å². The predicted octanol–water partition coefficient (Wildman–Crippen LogP) is 2.31. The lowest BCUT2D eigenvalue weighted by Gasteiger charge is -2.11. The van der Waals surface area contributed by atoms with Crippen LogP contribution in [0.2, 0.25) is 0 Å². The van der Waals surface area contributed by atoms with E-state index in [-0.39, 0.29) is 24.8 Å². The molecule has 0 aliphatic rings. The first-order valence-corrected chi connectivity index (χ1v) is 7.86. The van der Waals surface area contributed by atoms with E-state index in [9.17, 15) is 9.59 Å². The Morgan fingerprint density at radius 2 is 1.68 bits per heavy atom. The summed E-state index contributed by atoms with van der Waals surface area (Å²) in [6, 6.07) is 12.7. The van der Waals surface area contributed by atoms with Crippen molar-refractivity contribution in [3.63, 3.8) is 0 Å². The average molecular weight is 342 g/mol. The molecule has 0 spiro atoms. The molecule has 0 saturated heterocycles. The Balaban J connectivity index is 1.86. The van der Waals surface area contributed by atoms with Gasteiger partial charge in [-0.15, -0.1) is 0 Å². The summed E-state index contributed by atoms with van der Waals surface area (Å²) in [5, 5.41) is 5.39. The summed E-state index contributed by atoms with van der Waals surface area (Å²) in [7, 11) is 3.09. The van der Waals surface area contributed by atoms with Crippen molar-refractivity contribution < 1.29 is 19.1 Å². The van der Waals surface area contributed by atoms with Crippen molar-refractivity contribution >= 4 is 17.5 Å². The topological polar surface area (TPSA) is 76.7 Å². The number of aryl methyl sites for hydroxylation is 1. The number of hydrogen-bond acceptors (Lipinski definition) is 4. The number of carbonyl (C=O) groups excluding carboxylic acids is 2. The molecule has 0 aliphatic heterocycles. The van der Waals surface area contributed by atoms with Gasteiger partial charge >= 0.3 is 0 Å². The predicted molar refractivity (Wildman–Crippen MR) is 96.1 cm³/mol. The van der Waals surface area contributed by atoms with Crippen LogP contribution in [0.15, 0.2) is 42.5 Å². The van der Waals surface area contributed by atoms with Crippen molar-refractivity contribution in [1.82, 2.24) is 5.32 Å². The second-order valence-corrected chi connectivity index (χ2v) is 5.51. The average Bonchev–Trinajstić information content (AvgIpc) is 2.62. The summed E-state index contributed by atoms with van der Waals surface area (Å²) in [5.74, 6) is 0.650. The molecule has 0 aliphatic carbocycles. The summed E-state index contributed by atoms with van der Waals surface area (Å²) in [4.78, 5) is 24.0. The zero-order valence-electron chi connectivity index (χ0n) is 14.6. The van der Waals surface area contributed by atoms with Crippen LogP contribution in [0.25, 0.3) is 0 Å². The molecular formula is C19H22N2O4. The minimum Gasteiger partial charge on any atom is -0.493 e. The molecule has 0 aromatic heterocycles. The zero-order valence-corrected chi connectivity index (χ0v) is 14.6. The minimum atomic E-state index is -0.269. The Bertz CT molecular complexity index is 759. The Morgan fingerprint density at radius 3 is 2.36 bits per heavy atom. The maximum Gasteiger partial charge on any atom is 0.243 e. The fourth-order valence-electron chi connectivity index (χ4n) is 2.32. The van der Waals surface area contributed by atoms with Gasteiger partial charge in [-0.25, -0.2) is 0 Å². The first-order valence-electron chi connectivity index (χ1n) is 7.86. The first kappa shape index (κ1) is 18.3. The van der Waals surface area contributed by atoms with Crippen molar-refractivity contribution in [2.45, 2.75) is 13.3 Å². The zero-order chi connectivity index (χ0) is 18.2. The van der Waals surface area contributed by atoms with Gasteiger partial charge in [0.1, 0.15) is 0 Å². The summed E-state index contributed by atoms with van der Waals surface area (Å²) in [6.45, 7) is 1.83. The van der Waals surface area contributed by atoms with Crippen LogP contribution in [0.1, 0.15) is 11.1 Å². The highest BCUT2D eigenvalue weighted by Crippen LogP contribution is 2.27. The monoisotopic (exact) mass is 342 g/mol. The highest BCUT2D eigenvalue weighted by molar-refractivity contribution is 5.95. The number of carbonyl (C=O) groups is 2. The first-order chi connectivity index (χ1) is 12.0. The number of hydrogen-bond donors (Lipinski definition) is 2. The Labute approximate surface area is 147 Å². The van der Waals surface area contributed by atoms with Gasteiger partial charge in [0.05, 0.1) is 27.2 Å². The highest BCUT2D eigenvalue weighted by atomic mass is 16.5. The van der Waals surface area contributed by atoms with Crippen LogP contribution in [0, 0.1) is 6.92 Å². The number of para-hydroxylation sites is 1. The third-order valence-electron chi connectivity index (χ3n) is 3.68. The molecule has 2 aromatic carbocycles. The van der Waals surface area contributed by atoms with Crippen molar-refractivity contribution in [3.05, 3.63) is 53.6 Å². The highest BCUT2D eigenvalue weighted by Gasteiger charge is 2.10. The number of amides is 2. The summed E-state index contributed by atoms with van der Waals surface area (Å²) < 4.78 is 10.4. The van der Waals surface area contributed by atoms with Gasteiger partial charge in [-0.3, -0.25) is 9.59 Å². The molecule has 0 saturated carbocycles. The van der Waals surface area contributed by atoms with E-state index < -0.39 is 0 Å². The van der Waals surface area contributed by atoms with E-state index in [1.54, 1.807) is 25.3 Å². The largest absolute Gasteiger partial charge is 0.493 e. The lowest BCUT2D eigenvalue weighted by molar-refractivity contribution is -0.123. The van der Waals surface area contributed by atoms with Crippen LogP contribution in [0.5, 0.6) is 11.5 Å². The van der Waals surface area contributed by atoms with Crippen molar-refractivity contribution in [1.29, 1.82) is 0 Å². The molecule has 2 amide bonds. The lowest BCUT2D eigenvalue weighted by atomic mass is 10.1. The van der Waals surface area contributed by atoms with Gasteiger partial charge in [0.2, 0.25) is 11.8 Å². The van der Waals surface area contributed by atoms with Crippen LogP contribution in [0.3, 0.4) is 0 Å². The molecule has 0 fully saturated rings. The molecule has 6 heteroatoms. The van der Waals surface area contributed by atoms with Gasteiger partial charge in [0.25, 0.3) is 0 Å². The molecule has 0 radical (unpaired) electrons. The number of anilines is 1. The van der Waals surface area contributed by atoms with E-state index in [2.05, 4.69) is 10.6 Å². The van der Waals surface area contributed by atoms with E-state index in [0.717, 1.165) is 16.8 Å². The molecule has 0 bridgehead atoms. The second-order valence-electron chi connectivity index (χ2n) is 5.51. The van der Waals surface area contributed by atoms with Gasteiger partial charge in [-0.2, -0.15) is 0 Å². The third-order valence-corrected chi connectivity index (χ3v) is 3.68.